The molecule has 0 radical (unpaired) electrons. The molecule has 1 aliphatic heterocycles. The highest BCUT2D eigenvalue weighted by Gasteiger charge is 2.24. The van der Waals surface area contributed by atoms with Gasteiger partial charge in [-0.25, -0.2) is 0 Å². The van der Waals surface area contributed by atoms with Gasteiger partial charge >= 0.3 is 0 Å². The van der Waals surface area contributed by atoms with Gasteiger partial charge in [0.1, 0.15) is 0 Å². The Bertz CT molecular complexity index is 76.5. The predicted molar refractivity (Wildman–Crippen MR) is 40.8 cm³/mol. The quantitative estimate of drug-likeness (QED) is 0.481. The molecule has 0 aliphatic carbocycles. The maximum atomic E-state index is 5.58. The zero-order valence-corrected chi connectivity index (χ0v) is 7.25. The molecular formula is C5H12OSSi. The Morgan fingerprint density at radius 1 is 1.50 bits per heavy atom. The second-order valence-electron chi connectivity index (χ2n) is 2.66. The average molecular weight is 148 g/mol. The minimum atomic E-state index is -1.13. The molecule has 0 aromatic heterocycles. The molecule has 0 aromatic carbocycles. The minimum Gasteiger partial charge on any atom is -0.416 e. The summed E-state index contributed by atoms with van der Waals surface area (Å²) < 4.78 is 5.58. The third kappa shape index (κ3) is 1.80. The van der Waals surface area contributed by atoms with Gasteiger partial charge in [-0.1, -0.05) is 0 Å². The normalized spacial score (nSPS) is 27.8. The molecule has 1 aliphatic rings. The maximum absolute atomic E-state index is 5.58. The summed E-state index contributed by atoms with van der Waals surface area (Å²) in [5.41, 5.74) is 0. The van der Waals surface area contributed by atoms with Crippen LogP contribution in [0.25, 0.3) is 0 Å². The van der Waals surface area contributed by atoms with Crippen molar-refractivity contribution in [3.05, 3.63) is 0 Å². The average Bonchev–Trinajstić information content (AvgIpc) is 1.65. The third-order valence-corrected chi connectivity index (χ3v) is 6.21. The predicted octanol–water partition coefficient (Wildman–Crippen LogP) is 1.49. The first-order valence-electron chi connectivity index (χ1n) is 2.92. The van der Waals surface area contributed by atoms with E-state index in [0.29, 0.717) is 0 Å². The van der Waals surface area contributed by atoms with Gasteiger partial charge in [-0.05, 0) is 13.1 Å². The van der Waals surface area contributed by atoms with Gasteiger partial charge in [0, 0.05) is 17.7 Å². The van der Waals surface area contributed by atoms with Crippen LogP contribution in [-0.4, -0.2) is 26.1 Å². The van der Waals surface area contributed by atoms with Crippen molar-refractivity contribution in [2.75, 3.05) is 17.7 Å². The summed E-state index contributed by atoms with van der Waals surface area (Å²) >= 11 is 2.04. The summed E-state index contributed by atoms with van der Waals surface area (Å²) in [6, 6.07) is 0. The van der Waals surface area contributed by atoms with Gasteiger partial charge in [-0.3, -0.25) is 0 Å². The molecule has 0 unspecified atom stereocenters. The fourth-order valence-corrected chi connectivity index (χ4v) is 4.62. The van der Waals surface area contributed by atoms with Gasteiger partial charge in [0.05, 0.1) is 0 Å². The van der Waals surface area contributed by atoms with Crippen LogP contribution in [0.15, 0.2) is 0 Å². The van der Waals surface area contributed by atoms with E-state index in [4.69, 9.17) is 4.43 Å². The van der Waals surface area contributed by atoms with Crippen molar-refractivity contribution >= 4 is 20.1 Å². The molecule has 3 heteroatoms. The van der Waals surface area contributed by atoms with Crippen molar-refractivity contribution in [1.29, 1.82) is 0 Å². The molecule has 0 atom stereocenters. The first-order chi connectivity index (χ1) is 3.71. The SMILES string of the molecule is C[Si]1(C)CSCCO1. The molecule has 1 rings (SSSR count). The van der Waals surface area contributed by atoms with E-state index in [0.717, 1.165) is 6.61 Å². The van der Waals surface area contributed by atoms with E-state index in [1.807, 2.05) is 11.8 Å². The summed E-state index contributed by atoms with van der Waals surface area (Å²) in [6.07, 6.45) is 0. The van der Waals surface area contributed by atoms with Crippen molar-refractivity contribution in [1.82, 2.24) is 0 Å². The Labute approximate surface area is 55.9 Å². The van der Waals surface area contributed by atoms with Crippen LogP contribution in [0.2, 0.25) is 13.1 Å². The smallest absolute Gasteiger partial charge is 0.196 e. The van der Waals surface area contributed by atoms with E-state index in [9.17, 15) is 0 Å². The van der Waals surface area contributed by atoms with E-state index in [1.165, 1.54) is 11.1 Å². The Kier molecular flexibility index (Phi) is 2.00. The highest BCUT2D eigenvalue weighted by molar-refractivity contribution is 8.00. The highest BCUT2D eigenvalue weighted by Crippen LogP contribution is 2.18. The lowest BCUT2D eigenvalue weighted by Crippen LogP contribution is -2.38. The van der Waals surface area contributed by atoms with E-state index >= 15 is 0 Å². The molecule has 0 spiro atoms. The summed E-state index contributed by atoms with van der Waals surface area (Å²) in [7, 11) is -1.13. The second kappa shape index (κ2) is 2.41. The maximum Gasteiger partial charge on any atom is 0.196 e. The molecule has 48 valence electrons. The van der Waals surface area contributed by atoms with Crippen molar-refractivity contribution in [2.45, 2.75) is 13.1 Å². The molecule has 1 fully saturated rings. The second-order valence-corrected chi connectivity index (χ2v) is 8.44. The molecular weight excluding hydrogens is 136 g/mol. The van der Waals surface area contributed by atoms with Crippen molar-refractivity contribution in [3.63, 3.8) is 0 Å². The summed E-state index contributed by atoms with van der Waals surface area (Å²) in [4.78, 5) is 0. The highest BCUT2D eigenvalue weighted by atomic mass is 32.2. The van der Waals surface area contributed by atoms with Gasteiger partial charge in [-0.2, -0.15) is 11.8 Å². The Balaban J connectivity index is 2.33. The van der Waals surface area contributed by atoms with Crippen LogP contribution in [0.5, 0.6) is 0 Å². The van der Waals surface area contributed by atoms with Crippen LogP contribution in [0.4, 0.5) is 0 Å². The Hall–Kier alpha value is 0.527. The molecule has 8 heavy (non-hydrogen) atoms. The first-order valence-corrected chi connectivity index (χ1v) is 7.19. The van der Waals surface area contributed by atoms with Gasteiger partial charge in [0.25, 0.3) is 0 Å². The summed E-state index contributed by atoms with van der Waals surface area (Å²) in [5, 5.41) is 1.28. The number of hydrogen-bond acceptors (Lipinski definition) is 2. The molecule has 0 N–H and O–H groups in total. The summed E-state index contributed by atoms with van der Waals surface area (Å²) in [6.45, 7) is 5.54. The fourth-order valence-electron chi connectivity index (χ4n) is 0.737. The lowest BCUT2D eigenvalue weighted by Gasteiger charge is -2.26. The van der Waals surface area contributed by atoms with Gasteiger partial charge in [0.15, 0.2) is 8.32 Å². The molecule has 1 nitrogen and oxygen atoms in total. The van der Waals surface area contributed by atoms with Crippen LogP contribution in [0, 0.1) is 0 Å². The van der Waals surface area contributed by atoms with Crippen LogP contribution >= 0.6 is 11.8 Å². The van der Waals surface area contributed by atoms with E-state index < -0.39 is 8.32 Å². The lowest BCUT2D eigenvalue weighted by molar-refractivity contribution is 0.333. The first kappa shape index (κ1) is 6.64. The lowest BCUT2D eigenvalue weighted by atomic mass is 10.9. The van der Waals surface area contributed by atoms with E-state index in [2.05, 4.69) is 13.1 Å². The molecule has 1 heterocycles. The third-order valence-electron chi connectivity index (χ3n) is 1.17. The standard InChI is InChI=1S/C5H12OSSi/c1-8(2)5-7-4-3-6-8/h3-5H2,1-2H3. The summed E-state index contributed by atoms with van der Waals surface area (Å²) in [5.74, 6) is 1.20. The topological polar surface area (TPSA) is 9.23 Å². The van der Waals surface area contributed by atoms with Gasteiger partial charge < -0.3 is 4.43 Å². The van der Waals surface area contributed by atoms with Crippen LogP contribution in [0.1, 0.15) is 0 Å². The van der Waals surface area contributed by atoms with Crippen molar-refractivity contribution in [3.8, 4) is 0 Å². The van der Waals surface area contributed by atoms with Crippen molar-refractivity contribution in [2.24, 2.45) is 0 Å². The largest absolute Gasteiger partial charge is 0.416 e. The Morgan fingerprint density at radius 2 is 2.25 bits per heavy atom. The zero-order chi connectivity index (χ0) is 6.04. The van der Waals surface area contributed by atoms with E-state index in [-0.39, 0.29) is 0 Å². The molecule has 0 saturated carbocycles. The molecule has 0 bridgehead atoms. The minimum absolute atomic E-state index is 0.990. The van der Waals surface area contributed by atoms with Crippen LogP contribution in [0.3, 0.4) is 0 Å². The molecule has 1 saturated heterocycles. The van der Waals surface area contributed by atoms with E-state index in [1.54, 1.807) is 0 Å². The van der Waals surface area contributed by atoms with Gasteiger partial charge in [-0.15, -0.1) is 0 Å². The number of thioether (sulfide) groups is 1. The van der Waals surface area contributed by atoms with Crippen LogP contribution in [-0.2, 0) is 4.43 Å². The molecule has 0 amide bonds. The van der Waals surface area contributed by atoms with Crippen LogP contribution < -0.4 is 0 Å². The molecule has 0 aromatic rings. The Morgan fingerprint density at radius 3 is 2.50 bits per heavy atom. The van der Waals surface area contributed by atoms with Gasteiger partial charge in [0.2, 0.25) is 0 Å². The zero-order valence-electron chi connectivity index (χ0n) is 5.44. The number of rotatable bonds is 0. The monoisotopic (exact) mass is 148 g/mol. The fraction of sp³-hybridized carbons (Fsp3) is 1.00. The van der Waals surface area contributed by atoms with Crippen molar-refractivity contribution < 1.29 is 4.43 Å². The number of hydrogen-bond donors (Lipinski definition) is 0.